The third kappa shape index (κ3) is 17.4. The van der Waals surface area contributed by atoms with E-state index < -0.39 is 0 Å². The lowest BCUT2D eigenvalue weighted by Gasteiger charge is -2.26. The molecule has 11 heteroatoms. The summed E-state index contributed by atoms with van der Waals surface area (Å²) in [5.41, 5.74) is 8.98. The van der Waals surface area contributed by atoms with Crippen LogP contribution in [0.2, 0.25) is 5.02 Å². The van der Waals surface area contributed by atoms with Crippen LogP contribution in [-0.4, -0.2) is 86.7 Å². The van der Waals surface area contributed by atoms with Gasteiger partial charge in [-0.3, -0.25) is 19.4 Å². The number of primary amides is 1. The summed E-state index contributed by atoms with van der Waals surface area (Å²) in [5, 5.41) is 6.56. The number of terminal acetylenes is 1. The predicted molar refractivity (Wildman–Crippen MR) is 215 cm³/mol. The second kappa shape index (κ2) is 24.5. The fourth-order valence-electron chi connectivity index (χ4n) is 5.13. The van der Waals surface area contributed by atoms with Gasteiger partial charge in [-0.2, -0.15) is 0 Å². The van der Waals surface area contributed by atoms with Crippen molar-refractivity contribution >= 4 is 23.4 Å². The van der Waals surface area contributed by atoms with Gasteiger partial charge in [0.25, 0.3) is 5.91 Å². The second-order valence-corrected chi connectivity index (χ2v) is 13.4. The summed E-state index contributed by atoms with van der Waals surface area (Å²) in [5.74, 6) is 2.66. The Morgan fingerprint density at radius 1 is 0.963 bits per heavy atom. The van der Waals surface area contributed by atoms with Gasteiger partial charge in [-0.25, -0.2) is 4.39 Å². The standard InChI is InChI=1S/C17H19FN2O2.C13H17ClN2O2.C13H17N/c1-12(17(19)21)20-10-13-5-7-16(8-6-13)22-11-14-3-2-4-15(18)9-14;14-12-3-1-11(2-4-12)13(17)15-5-6-16-7-9-18-10-8-16;1-4-10-14(3)12(2)11-13-8-6-5-7-9-13/h2-9,12,20H,10-11H2,1H3,(H2,19,21);1-4H,5-10H2,(H,15,17);1,5-9,12H,10-11H2,2-3H3/t12-;;12-/m0.1/s1. The maximum atomic E-state index is 13.1. The van der Waals surface area contributed by atoms with E-state index in [4.69, 9.17) is 33.2 Å². The fourth-order valence-corrected chi connectivity index (χ4v) is 5.26. The number of halogens is 2. The Morgan fingerprint density at radius 2 is 1.63 bits per heavy atom. The number of nitrogens with two attached hydrogens (primary N) is 1. The molecule has 2 atom stereocenters. The Kier molecular flexibility index (Phi) is 19.8. The molecule has 1 heterocycles. The number of hydrogen-bond donors (Lipinski definition) is 3. The summed E-state index contributed by atoms with van der Waals surface area (Å²) in [6.07, 6.45) is 6.32. The molecule has 1 saturated heterocycles. The molecule has 2 amide bonds. The molecule has 0 saturated carbocycles. The summed E-state index contributed by atoms with van der Waals surface area (Å²) in [4.78, 5) is 27.2. The van der Waals surface area contributed by atoms with E-state index in [1.54, 1.807) is 37.3 Å². The van der Waals surface area contributed by atoms with Crippen LogP contribution in [0, 0.1) is 18.2 Å². The van der Waals surface area contributed by atoms with Crippen molar-refractivity contribution in [1.82, 2.24) is 20.4 Å². The third-order valence-electron chi connectivity index (χ3n) is 8.65. The van der Waals surface area contributed by atoms with Gasteiger partial charge in [0.15, 0.2) is 0 Å². The molecule has 288 valence electrons. The maximum absolute atomic E-state index is 13.1. The SMILES string of the molecule is C#CCN(C)[C@H](C)Cc1ccccc1.C[C@H](NCc1ccc(OCc2cccc(F)c2)cc1)C(N)=O.O=C(NCCN1CCOCC1)c1ccc(Cl)cc1. The molecule has 0 unspecified atom stereocenters. The highest BCUT2D eigenvalue weighted by Gasteiger charge is 2.11. The molecule has 4 aromatic rings. The van der Waals surface area contributed by atoms with E-state index in [1.165, 1.54) is 17.7 Å². The smallest absolute Gasteiger partial charge is 0.251 e. The van der Waals surface area contributed by atoms with Gasteiger partial charge in [-0.05, 0) is 92.5 Å². The zero-order valence-electron chi connectivity index (χ0n) is 31.5. The minimum Gasteiger partial charge on any atom is -0.489 e. The van der Waals surface area contributed by atoms with Gasteiger partial charge in [0, 0.05) is 49.4 Å². The molecule has 1 fully saturated rings. The number of ether oxygens (including phenoxy) is 2. The van der Waals surface area contributed by atoms with Crippen molar-refractivity contribution in [2.45, 2.75) is 45.5 Å². The molecule has 0 radical (unpaired) electrons. The Hall–Kier alpha value is -4.76. The zero-order valence-corrected chi connectivity index (χ0v) is 32.2. The van der Waals surface area contributed by atoms with E-state index >= 15 is 0 Å². The Labute approximate surface area is 325 Å². The minimum atomic E-state index is -0.380. The van der Waals surface area contributed by atoms with Gasteiger partial charge in [0.05, 0.1) is 25.8 Å². The number of nitrogens with zero attached hydrogens (tertiary/aromatic N) is 2. The molecular weight excluding hydrogens is 705 g/mol. The summed E-state index contributed by atoms with van der Waals surface area (Å²) < 4.78 is 23.9. The van der Waals surface area contributed by atoms with Crippen molar-refractivity contribution in [2.75, 3.05) is 53.0 Å². The summed E-state index contributed by atoms with van der Waals surface area (Å²) >= 11 is 5.77. The Morgan fingerprint density at radius 3 is 2.26 bits per heavy atom. The number of morpholine rings is 1. The molecule has 1 aliphatic rings. The van der Waals surface area contributed by atoms with Crippen LogP contribution in [0.25, 0.3) is 0 Å². The van der Waals surface area contributed by atoms with Crippen molar-refractivity contribution in [1.29, 1.82) is 0 Å². The molecule has 5 rings (SSSR count). The zero-order chi connectivity index (χ0) is 39.1. The van der Waals surface area contributed by atoms with Gasteiger partial charge < -0.3 is 25.8 Å². The molecule has 54 heavy (non-hydrogen) atoms. The minimum absolute atomic E-state index is 0.0556. The predicted octanol–water partition coefficient (Wildman–Crippen LogP) is 5.95. The summed E-state index contributed by atoms with van der Waals surface area (Å²) in [6.45, 7) is 10.5. The van der Waals surface area contributed by atoms with Crippen LogP contribution in [0.15, 0.2) is 103 Å². The van der Waals surface area contributed by atoms with Crippen molar-refractivity contribution in [3.05, 3.63) is 136 Å². The number of rotatable bonds is 15. The molecular formula is C43H53ClFN5O4. The largest absolute Gasteiger partial charge is 0.489 e. The fraction of sp³-hybridized carbons (Fsp3) is 0.349. The van der Waals surface area contributed by atoms with E-state index in [0.29, 0.717) is 48.6 Å². The third-order valence-corrected chi connectivity index (χ3v) is 8.90. The molecule has 4 N–H and O–H groups in total. The van der Waals surface area contributed by atoms with Crippen molar-refractivity contribution in [2.24, 2.45) is 5.73 Å². The first-order valence-corrected chi connectivity index (χ1v) is 18.4. The van der Waals surface area contributed by atoms with E-state index in [9.17, 15) is 14.0 Å². The Balaban J connectivity index is 0.000000224. The van der Waals surface area contributed by atoms with Crippen molar-refractivity contribution in [3.8, 4) is 18.1 Å². The van der Waals surface area contributed by atoms with Crippen LogP contribution in [0.4, 0.5) is 4.39 Å². The van der Waals surface area contributed by atoms with Gasteiger partial charge in [-0.15, -0.1) is 6.42 Å². The molecule has 0 bridgehead atoms. The lowest BCUT2D eigenvalue weighted by atomic mass is 10.1. The number of carbonyl (C=O) groups excluding carboxylic acids is 2. The average molecular weight is 758 g/mol. The molecule has 0 spiro atoms. The van der Waals surface area contributed by atoms with Gasteiger partial charge in [0.2, 0.25) is 5.91 Å². The van der Waals surface area contributed by atoms with Gasteiger partial charge in [-0.1, -0.05) is 72.1 Å². The van der Waals surface area contributed by atoms with Gasteiger partial charge >= 0.3 is 0 Å². The quantitative estimate of drug-likeness (QED) is 0.129. The molecule has 0 aliphatic carbocycles. The lowest BCUT2D eigenvalue weighted by Crippen LogP contribution is -2.41. The van der Waals surface area contributed by atoms with Crippen LogP contribution in [-0.2, 0) is 29.1 Å². The topological polar surface area (TPSA) is 109 Å². The van der Waals surface area contributed by atoms with Crippen molar-refractivity contribution in [3.63, 3.8) is 0 Å². The number of likely N-dealkylation sites (N-methyl/N-ethyl adjacent to an activating group) is 1. The van der Waals surface area contributed by atoms with Crippen LogP contribution in [0.1, 0.15) is 40.9 Å². The number of amides is 2. The average Bonchev–Trinajstić information content (AvgIpc) is 3.18. The van der Waals surface area contributed by atoms with E-state index in [2.05, 4.69) is 64.6 Å². The maximum Gasteiger partial charge on any atom is 0.251 e. The summed E-state index contributed by atoms with van der Waals surface area (Å²) in [6, 6.07) is 31.3. The van der Waals surface area contributed by atoms with Crippen LogP contribution >= 0.6 is 11.6 Å². The van der Waals surface area contributed by atoms with Crippen LogP contribution in [0.3, 0.4) is 0 Å². The highest BCUT2D eigenvalue weighted by atomic mass is 35.5. The van der Waals surface area contributed by atoms with E-state index in [-0.39, 0.29) is 23.7 Å². The molecule has 0 aromatic heterocycles. The van der Waals surface area contributed by atoms with Gasteiger partial charge in [0.1, 0.15) is 18.2 Å². The lowest BCUT2D eigenvalue weighted by molar-refractivity contribution is -0.119. The first-order valence-electron chi connectivity index (χ1n) is 18.0. The summed E-state index contributed by atoms with van der Waals surface area (Å²) in [7, 11) is 2.06. The highest BCUT2D eigenvalue weighted by Crippen LogP contribution is 2.15. The molecule has 1 aliphatic heterocycles. The second-order valence-electron chi connectivity index (χ2n) is 12.9. The number of hydrogen-bond acceptors (Lipinski definition) is 7. The number of nitrogens with one attached hydrogen (secondary N) is 2. The van der Waals surface area contributed by atoms with Crippen molar-refractivity contribution < 1.29 is 23.5 Å². The number of benzene rings is 4. The first kappa shape index (κ1) is 43.6. The number of carbonyl (C=O) groups is 2. The van der Waals surface area contributed by atoms with Crippen LogP contribution < -0.4 is 21.1 Å². The Bertz CT molecular complexity index is 1710. The molecule has 9 nitrogen and oxygen atoms in total. The van der Waals surface area contributed by atoms with E-state index in [1.807, 2.05) is 36.4 Å². The normalized spacial score (nSPS) is 13.6. The highest BCUT2D eigenvalue weighted by molar-refractivity contribution is 6.30. The monoisotopic (exact) mass is 757 g/mol. The first-order chi connectivity index (χ1) is 26.0. The molecule has 4 aromatic carbocycles. The van der Waals surface area contributed by atoms with E-state index in [0.717, 1.165) is 50.4 Å². The van der Waals surface area contributed by atoms with Crippen LogP contribution in [0.5, 0.6) is 5.75 Å².